The van der Waals surface area contributed by atoms with Gasteiger partial charge in [-0.15, -0.1) is 23.2 Å². The summed E-state index contributed by atoms with van der Waals surface area (Å²) in [5.41, 5.74) is 0.938. The van der Waals surface area contributed by atoms with Crippen LogP contribution in [0.25, 0.3) is 0 Å². The van der Waals surface area contributed by atoms with Crippen LogP contribution in [-0.2, 0) is 18.9 Å². The minimum Gasteiger partial charge on any atom is -0.276 e. The third-order valence-corrected chi connectivity index (χ3v) is 4.28. The van der Waals surface area contributed by atoms with Crippen molar-refractivity contribution in [3.05, 3.63) is 53.6 Å². The number of halogens is 3. The van der Waals surface area contributed by atoms with Crippen LogP contribution < -0.4 is 0 Å². The molecule has 2 aromatic rings. The Hall–Kier alpha value is -1.06. The van der Waals surface area contributed by atoms with Gasteiger partial charge in [-0.1, -0.05) is 18.2 Å². The Kier molecular flexibility index (Phi) is 4.48. The Labute approximate surface area is 122 Å². The van der Waals surface area contributed by atoms with Gasteiger partial charge in [0.05, 0.1) is 6.20 Å². The summed E-state index contributed by atoms with van der Waals surface area (Å²) in [6.07, 6.45) is 4.22. The second-order valence-electron chi connectivity index (χ2n) is 4.73. The Balaban J connectivity index is 2.40. The zero-order chi connectivity index (χ0) is 13.9. The Bertz CT molecular complexity index is 550. The number of aryl methyl sites for hydroxylation is 1. The number of aromatic nitrogens is 2. The summed E-state index contributed by atoms with van der Waals surface area (Å²) in [7, 11) is 1.84. The molecule has 0 spiro atoms. The predicted molar refractivity (Wildman–Crippen MR) is 76.4 cm³/mol. The zero-order valence-corrected chi connectivity index (χ0v) is 12.1. The molecule has 0 saturated heterocycles. The molecule has 1 aromatic carbocycles. The smallest absolute Gasteiger partial charge is 0.127 e. The topological polar surface area (TPSA) is 17.8 Å². The largest absolute Gasteiger partial charge is 0.276 e. The van der Waals surface area contributed by atoms with Crippen LogP contribution in [0.1, 0.15) is 11.1 Å². The molecular formula is C14H15Cl2FN2. The van der Waals surface area contributed by atoms with Crippen molar-refractivity contribution in [2.45, 2.75) is 11.8 Å². The van der Waals surface area contributed by atoms with Gasteiger partial charge >= 0.3 is 0 Å². The van der Waals surface area contributed by atoms with Crippen LogP contribution in [0.15, 0.2) is 36.7 Å². The molecule has 1 aromatic heterocycles. The van der Waals surface area contributed by atoms with E-state index in [4.69, 9.17) is 23.2 Å². The van der Waals surface area contributed by atoms with Crippen molar-refractivity contribution in [1.82, 2.24) is 9.78 Å². The maximum absolute atomic E-state index is 14.0. The maximum Gasteiger partial charge on any atom is 0.127 e. The molecule has 1 heterocycles. The fourth-order valence-electron chi connectivity index (χ4n) is 2.21. The summed E-state index contributed by atoms with van der Waals surface area (Å²) in [6.45, 7) is 0. The van der Waals surface area contributed by atoms with Gasteiger partial charge in [-0.2, -0.15) is 5.10 Å². The molecule has 0 bridgehead atoms. The van der Waals surface area contributed by atoms with Gasteiger partial charge in [0.2, 0.25) is 0 Å². The monoisotopic (exact) mass is 300 g/mol. The van der Waals surface area contributed by atoms with Crippen molar-refractivity contribution in [1.29, 1.82) is 0 Å². The van der Waals surface area contributed by atoms with Gasteiger partial charge in [-0.3, -0.25) is 4.68 Å². The lowest BCUT2D eigenvalue weighted by Crippen LogP contribution is -2.34. The molecule has 0 unspecified atom stereocenters. The minimum atomic E-state index is -0.614. The van der Waals surface area contributed by atoms with Crippen LogP contribution in [0.5, 0.6) is 0 Å². The van der Waals surface area contributed by atoms with Crippen molar-refractivity contribution in [2.75, 3.05) is 11.8 Å². The summed E-state index contributed by atoms with van der Waals surface area (Å²) in [6, 6.07) is 6.65. The molecule has 0 saturated carbocycles. The van der Waals surface area contributed by atoms with E-state index >= 15 is 0 Å². The molecule has 2 rings (SSSR count). The lowest BCUT2D eigenvalue weighted by atomic mass is 9.79. The number of nitrogens with zero attached hydrogens (tertiary/aromatic N) is 2. The normalized spacial score (nSPS) is 11.8. The first-order valence-corrected chi connectivity index (χ1v) is 7.03. The molecule has 102 valence electrons. The molecule has 2 nitrogen and oxygen atoms in total. The molecule has 0 amide bonds. The van der Waals surface area contributed by atoms with Crippen LogP contribution >= 0.6 is 23.2 Å². The first kappa shape index (κ1) is 14.4. The Morgan fingerprint density at radius 1 is 1.26 bits per heavy atom. The Morgan fingerprint density at radius 2 is 1.95 bits per heavy atom. The van der Waals surface area contributed by atoms with E-state index in [0.29, 0.717) is 12.0 Å². The molecule has 0 atom stereocenters. The van der Waals surface area contributed by atoms with Gasteiger partial charge in [-0.25, -0.2) is 4.39 Å². The highest BCUT2D eigenvalue weighted by molar-refractivity contribution is 6.22. The van der Waals surface area contributed by atoms with Crippen molar-refractivity contribution >= 4 is 23.2 Å². The maximum atomic E-state index is 14.0. The lowest BCUT2D eigenvalue weighted by molar-refractivity contribution is 0.491. The quantitative estimate of drug-likeness (QED) is 0.773. The number of hydrogen-bond acceptors (Lipinski definition) is 1. The standard InChI is InChI=1S/C14H15Cl2FN2/c1-19-8-11(7-18-19)6-14(9-15,10-16)12-4-2-3-5-13(12)17/h2-5,7-8H,6,9-10H2,1H3. The number of hydrogen-bond donors (Lipinski definition) is 0. The molecule has 0 fully saturated rings. The highest BCUT2D eigenvalue weighted by atomic mass is 35.5. The summed E-state index contributed by atoms with van der Waals surface area (Å²) >= 11 is 12.2. The van der Waals surface area contributed by atoms with Gasteiger partial charge in [0.25, 0.3) is 0 Å². The van der Waals surface area contributed by atoms with E-state index in [-0.39, 0.29) is 17.6 Å². The van der Waals surface area contributed by atoms with Gasteiger partial charge in [0, 0.05) is 30.4 Å². The second-order valence-corrected chi connectivity index (χ2v) is 5.26. The van der Waals surface area contributed by atoms with E-state index in [2.05, 4.69) is 5.10 Å². The number of rotatable bonds is 5. The number of alkyl halides is 2. The van der Waals surface area contributed by atoms with E-state index in [1.54, 1.807) is 29.1 Å². The van der Waals surface area contributed by atoms with Crippen LogP contribution in [0, 0.1) is 5.82 Å². The predicted octanol–water partition coefficient (Wildman–Crippen LogP) is 3.52. The average molecular weight is 301 g/mol. The summed E-state index contributed by atoms with van der Waals surface area (Å²) in [5, 5.41) is 4.12. The SMILES string of the molecule is Cn1cc(CC(CCl)(CCl)c2ccccc2F)cn1. The Morgan fingerprint density at radius 3 is 2.47 bits per heavy atom. The molecule has 0 aliphatic rings. The van der Waals surface area contributed by atoms with Crippen molar-refractivity contribution in [2.24, 2.45) is 7.05 Å². The van der Waals surface area contributed by atoms with Crippen LogP contribution in [0.2, 0.25) is 0 Å². The molecule has 0 N–H and O–H groups in total. The van der Waals surface area contributed by atoms with E-state index in [1.807, 2.05) is 13.2 Å². The molecule has 0 radical (unpaired) electrons. The second kappa shape index (κ2) is 5.93. The van der Waals surface area contributed by atoms with E-state index in [1.165, 1.54) is 6.07 Å². The van der Waals surface area contributed by atoms with Gasteiger partial charge in [-0.05, 0) is 23.6 Å². The minimum absolute atomic E-state index is 0.256. The van der Waals surface area contributed by atoms with Crippen LogP contribution in [0.3, 0.4) is 0 Å². The van der Waals surface area contributed by atoms with E-state index in [9.17, 15) is 4.39 Å². The van der Waals surface area contributed by atoms with E-state index < -0.39 is 5.41 Å². The van der Waals surface area contributed by atoms with Crippen molar-refractivity contribution in [3.8, 4) is 0 Å². The fraction of sp³-hybridized carbons (Fsp3) is 0.357. The zero-order valence-electron chi connectivity index (χ0n) is 10.6. The first-order valence-electron chi connectivity index (χ1n) is 5.96. The highest BCUT2D eigenvalue weighted by Gasteiger charge is 2.33. The van der Waals surface area contributed by atoms with Crippen LogP contribution in [-0.4, -0.2) is 21.5 Å². The third kappa shape index (κ3) is 2.93. The van der Waals surface area contributed by atoms with E-state index in [0.717, 1.165) is 5.56 Å². The van der Waals surface area contributed by atoms with Gasteiger partial charge < -0.3 is 0 Å². The lowest BCUT2D eigenvalue weighted by Gasteiger charge is -2.30. The van der Waals surface area contributed by atoms with Gasteiger partial charge in [0.15, 0.2) is 0 Å². The fourth-order valence-corrected chi connectivity index (χ4v) is 2.98. The molecule has 5 heteroatoms. The first-order chi connectivity index (χ1) is 9.11. The number of benzene rings is 1. The summed E-state index contributed by atoms with van der Waals surface area (Å²) in [5.74, 6) is 0.242. The molecule has 0 aliphatic carbocycles. The third-order valence-electron chi connectivity index (χ3n) is 3.26. The molecule has 0 aliphatic heterocycles. The molecule has 19 heavy (non-hydrogen) atoms. The van der Waals surface area contributed by atoms with Crippen molar-refractivity contribution in [3.63, 3.8) is 0 Å². The highest BCUT2D eigenvalue weighted by Crippen LogP contribution is 2.33. The summed E-state index contributed by atoms with van der Waals surface area (Å²) < 4.78 is 15.7. The average Bonchev–Trinajstić information content (AvgIpc) is 2.82. The molecular weight excluding hydrogens is 286 g/mol. The van der Waals surface area contributed by atoms with Gasteiger partial charge in [0.1, 0.15) is 5.82 Å². The summed E-state index contributed by atoms with van der Waals surface area (Å²) in [4.78, 5) is 0. The van der Waals surface area contributed by atoms with Crippen molar-refractivity contribution < 1.29 is 4.39 Å². The van der Waals surface area contributed by atoms with Crippen LogP contribution in [0.4, 0.5) is 4.39 Å².